The zero-order chi connectivity index (χ0) is 20.7. The molecular formula is C22H20N6O2. The van der Waals surface area contributed by atoms with Gasteiger partial charge >= 0.3 is 0 Å². The van der Waals surface area contributed by atoms with Crippen molar-refractivity contribution in [2.75, 3.05) is 10.6 Å². The molecule has 0 bridgehead atoms. The van der Waals surface area contributed by atoms with Crippen LogP contribution in [-0.2, 0) is 4.79 Å². The van der Waals surface area contributed by atoms with Crippen molar-refractivity contribution in [2.24, 2.45) is 0 Å². The van der Waals surface area contributed by atoms with Crippen LogP contribution in [0, 0.1) is 12.3 Å². The van der Waals surface area contributed by atoms with Crippen LogP contribution in [0.15, 0.2) is 42.1 Å². The first kappa shape index (κ1) is 18.2. The number of aromatic nitrogens is 3. The maximum absolute atomic E-state index is 12.0. The minimum absolute atomic E-state index is 0.250. The number of rotatable bonds is 5. The molecule has 1 aromatic carbocycles. The second kappa shape index (κ2) is 7.21. The third kappa shape index (κ3) is 3.58. The summed E-state index contributed by atoms with van der Waals surface area (Å²) >= 11 is 0. The molecule has 2 aromatic heterocycles. The fourth-order valence-electron chi connectivity index (χ4n) is 3.43. The van der Waals surface area contributed by atoms with Crippen molar-refractivity contribution in [1.29, 1.82) is 0 Å². The first-order valence-corrected chi connectivity index (χ1v) is 9.77. The predicted octanol–water partition coefficient (Wildman–Crippen LogP) is 2.25. The number of carbonyl (C=O) groups is 1. The van der Waals surface area contributed by atoms with Crippen LogP contribution < -0.4 is 16.0 Å². The lowest BCUT2D eigenvalue weighted by molar-refractivity contribution is -0.117. The zero-order valence-corrected chi connectivity index (χ0v) is 16.1. The number of nitrogens with one attached hydrogen (secondary N) is 3. The van der Waals surface area contributed by atoms with Gasteiger partial charge in [0, 0.05) is 40.9 Å². The Hall–Kier alpha value is -3.83. The van der Waals surface area contributed by atoms with Crippen molar-refractivity contribution >= 4 is 35.0 Å². The normalized spacial score (nSPS) is 19.7. The van der Waals surface area contributed by atoms with Gasteiger partial charge in [-0.15, -0.1) is 6.42 Å². The molecule has 0 spiro atoms. The highest BCUT2D eigenvalue weighted by molar-refractivity contribution is 6.00. The second-order valence-electron chi connectivity index (χ2n) is 7.49. The molecule has 3 heterocycles. The van der Waals surface area contributed by atoms with Gasteiger partial charge in [0.2, 0.25) is 5.91 Å². The molecule has 1 unspecified atom stereocenters. The molecule has 1 aliphatic heterocycles. The number of aliphatic hydroxyl groups is 1. The summed E-state index contributed by atoms with van der Waals surface area (Å²) in [7, 11) is 0. The first-order valence-electron chi connectivity index (χ1n) is 9.77. The molecule has 1 atom stereocenters. The van der Waals surface area contributed by atoms with Gasteiger partial charge in [0.05, 0.1) is 6.20 Å². The van der Waals surface area contributed by atoms with E-state index in [1.165, 1.54) is 0 Å². The SMILES string of the molecule is C#Cc1cccc(Nc2cc(NC3CC3)n3ncc(C=C4CC(O)NC4=O)c3n2)c1. The summed E-state index contributed by atoms with van der Waals surface area (Å²) in [6.45, 7) is 0. The van der Waals surface area contributed by atoms with Crippen LogP contribution in [0.3, 0.4) is 0 Å². The van der Waals surface area contributed by atoms with E-state index >= 15 is 0 Å². The van der Waals surface area contributed by atoms with E-state index in [2.05, 4.69) is 27.0 Å². The quantitative estimate of drug-likeness (QED) is 0.387. The van der Waals surface area contributed by atoms with Crippen molar-refractivity contribution < 1.29 is 9.90 Å². The minimum Gasteiger partial charge on any atom is -0.373 e. The van der Waals surface area contributed by atoms with Crippen LogP contribution in [-0.4, -0.2) is 37.9 Å². The molecule has 1 saturated heterocycles. The van der Waals surface area contributed by atoms with E-state index < -0.39 is 6.23 Å². The van der Waals surface area contributed by atoms with Gasteiger partial charge in [0.15, 0.2) is 5.65 Å². The van der Waals surface area contributed by atoms with Gasteiger partial charge in [0.1, 0.15) is 17.9 Å². The number of terminal acetylenes is 1. The maximum atomic E-state index is 12.0. The number of fused-ring (bicyclic) bond motifs is 1. The molecule has 4 N–H and O–H groups in total. The standard InChI is InChI=1S/C22H20N6O2/c1-2-13-4-3-5-17(8-13)24-18-11-19(25-16-6-7-16)28-21(26-18)15(12-23-28)9-14-10-20(29)27-22(14)30/h1,3-5,8-9,11-12,16,20,25,29H,6-7,10H2,(H,24,26)(H,27,30). The Kier molecular flexibility index (Phi) is 4.38. The molecule has 30 heavy (non-hydrogen) atoms. The molecule has 1 amide bonds. The summed E-state index contributed by atoms with van der Waals surface area (Å²) in [6.07, 6.45) is 10.5. The van der Waals surface area contributed by atoms with Gasteiger partial charge in [-0.1, -0.05) is 12.0 Å². The maximum Gasteiger partial charge on any atom is 0.249 e. The van der Waals surface area contributed by atoms with Crippen LogP contribution >= 0.6 is 0 Å². The molecule has 1 aliphatic carbocycles. The summed E-state index contributed by atoms with van der Waals surface area (Å²) in [5, 5.41) is 23.4. The molecule has 0 radical (unpaired) electrons. The number of hydrogen-bond acceptors (Lipinski definition) is 6. The van der Waals surface area contributed by atoms with E-state index in [-0.39, 0.29) is 12.3 Å². The third-order valence-electron chi connectivity index (χ3n) is 5.06. The number of nitrogens with zero attached hydrogens (tertiary/aromatic N) is 3. The van der Waals surface area contributed by atoms with Crippen molar-refractivity contribution in [3.63, 3.8) is 0 Å². The van der Waals surface area contributed by atoms with E-state index in [4.69, 9.17) is 11.4 Å². The van der Waals surface area contributed by atoms with Gasteiger partial charge in [-0.25, -0.2) is 4.98 Å². The van der Waals surface area contributed by atoms with E-state index in [0.717, 1.165) is 29.9 Å². The highest BCUT2D eigenvalue weighted by Gasteiger charge is 2.26. The fraction of sp³-hybridized carbons (Fsp3) is 0.227. The Morgan fingerprint density at radius 3 is 2.93 bits per heavy atom. The predicted molar refractivity (Wildman–Crippen MR) is 114 cm³/mol. The molecule has 3 aromatic rings. The molecule has 8 nitrogen and oxygen atoms in total. The number of amides is 1. The summed E-state index contributed by atoms with van der Waals surface area (Å²) in [5.74, 6) is 3.80. The summed E-state index contributed by atoms with van der Waals surface area (Å²) in [4.78, 5) is 16.7. The Balaban J connectivity index is 1.56. The molecule has 2 fully saturated rings. The van der Waals surface area contributed by atoms with Gasteiger partial charge in [0.25, 0.3) is 0 Å². The number of aliphatic hydroxyl groups excluding tert-OH is 1. The molecule has 8 heteroatoms. The Bertz CT molecular complexity index is 1220. The molecular weight excluding hydrogens is 380 g/mol. The largest absolute Gasteiger partial charge is 0.373 e. The van der Waals surface area contributed by atoms with Gasteiger partial charge in [-0.05, 0) is 37.1 Å². The number of benzene rings is 1. The number of anilines is 3. The Morgan fingerprint density at radius 2 is 2.20 bits per heavy atom. The van der Waals surface area contributed by atoms with E-state index in [1.54, 1.807) is 16.8 Å². The highest BCUT2D eigenvalue weighted by Crippen LogP contribution is 2.29. The lowest BCUT2D eigenvalue weighted by Crippen LogP contribution is -2.24. The van der Waals surface area contributed by atoms with E-state index in [9.17, 15) is 9.90 Å². The second-order valence-corrected chi connectivity index (χ2v) is 7.49. The average Bonchev–Trinajstić information content (AvgIpc) is 3.37. The topological polar surface area (TPSA) is 104 Å². The monoisotopic (exact) mass is 400 g/mol. The van der Waals surface area contributed by atoms with Gasteiger partial charge < -0.3 is 21.1 Å². The minimum atomic E-state index is -0.855. The first-order chi connectivity index (χ1) is 14.6. The van der Waals surface area contributed by atoms with Crippen molar-refractivity contribution in [3.8, 4) is 12.3 Å². The fourth-order valence-corrected chi connectivity index (χ4v) is 3.43. The average molecular weight is 400 g/mol. The lowest BCUT2D eigenvalue weighted by atomic mass is 10.1. The van der Waals surface area contributed by atoms with E-state index in [1.807, 2.05) is 30.3 Å². The van der Waals surface area contributed by atoms with Crippen LogP contribution in [0.25, 0.3) is 11.7 Å². The summed E-state index contributed by atoms with van der Waals surface area (Å²) in [6, 6.07) is 9.88. The summed E-state index contributed by atoms with van der Waals surface area (Å²) < 4.78 is 1.73. The van der Waals surface area contributed by atoms with Crippen LogP contribution in [0.2, 0.25) is 0 Å². The highest BCUT2D eigenvalue weighted by atomic mass is 16.3. The van der Waals surface area contributed by atoms with Crippen LogP contribution in [0.4, 0.5) is 17.3 Å². The lowest BCUT2D eigenvalue weighted by Gasteiger charge is -2.12. The number of carbonyl (C=O) groups excluding carboxylic acids is 1. The number of hydrogen-bond donors (Lipinski definition) is 4. The van der Waals surface area contributed by atoms with Crippen molar-refractivity contribution in [1.82, 2.24) is 19.9 Å². The third-order valence-corrected chi connectivity index (χ3v) is 5.06. The van der Waals surface area contributed by atoms with E-state index in [0.29, 0.717) is 28.6 Å². The Morgan fingerprint density at radius 1 is 1.33 bits per heavy atom. The smallest absolute Gasteiger partial charge is 0.249 e. The van der Waals surface area contributed by atoms with Crippen molar-refractivity contribution in [3.05, 3.63) is 53.2 Å². The Labute approximate surface area is 173 Å². The van der Waals surface area contributed by atoms with Crippen LogP contribution in [0.5, 0.6) is 0 Å². The van der Waals surface area contributed by atoms with Crippen molar-refractivity contribution in [2.45, 2.75) is 31.5 Å². The van der Waals surface area contributed by atoms with Gasteiger partial charge in [-0.2, -0.15) is 9.61 Å². The summed E-state index contributed by atoms with van der Waals surface area (Å²) in [5.41, 5.74) is 3.42. The molecule has 150 valence electrons. The van der Waals surface area contributed by atoms with Gasteiger partial charge in [-0.3, -0.25) is 4.79 Å². The zero-order valence-electron chi connectivity index (χ0n) is 16.1. The molecule has 2 aliphatic rings. The molecule has 1 saturated carbocycles. The van der Waals surface area contributed by atoms with Crippen LogP contribution in [0.1, 0.15) is 30.4 Å². The molecule has 5 rings (SSSR count).